The molecule has 1 aromatic carbocycles. The fourth-order valence-corrected chi connectivity index (χ4v) is 3.08. The number of aromatic nitrogens is 1. The van der Waals surface area contributed by atoms with Crippen molar-refractivity contribution in [2.24, 2.45) is 5.92 Å². The highest BCUT2D eigenvalue weighted by Crippen LogP contribution is 2.16. The van der Waals surface area contributed by atoms with E-state index in [1.54, 1.807) is 6.20 Å². The van der Waals surface area contributed by atoms with Crippen LogP contribution in [0.25, 0.3) is 0 Å². The maximum atomic E-state index is 9.58. The Morgan fingerprint density at radius 3 is 2.60 bits per heavy atom. The van der Waals surface area contributed by atoms with Gasteiger partial charge in [-0.3, -0.25) is 4.98 Å². The zero-order chi connectivity index (χ0) is 17.3. The van der Waals surface area contributed by atoms with E-state index in [2.05, 4.69) is 39.5 Å². The van der Waals surface area contributed by atoms with Crippen LogP contribution >= 0.6 is 0 Å². The summed E-state index contributed by atoms with van der Waals surface area (Å²) in [6.45, 7) is 5.29. The van der Waals surface area contributed by atoms with Gasteiger partial charge in [0, 0.05) is 50.4 Å². The number of pyridine rings is 1. The molecule has 2 heterocycles. The van der Waals surface area contributed by atoms with Crippen molar-refractivity contribution in [2.75, 3.05) is 44.4 Å². The summed E-state index contributed by atoms with van der Waals surface area (Å²) in [6, 6.07) is 14.6. The Morgan fingerprint density at radius 1 is 1.12 bits per heavy atom. The molecule has 2 aromatic rings. The zero-order valence-corrected chi connectivity index (χ0v) is 14.6. The largest absolute Gasteiger partial charge is 0.396 e. The lowest BCUT2D eigenvalue weighted by molar-refractivity contribution is 0.122. The summed E-state index contributed by atoms with van der Waals surface area (Å²) in [4.78, 5) is 6.69. The standard InChI is InChI=1S/C20H27N3O2/c24-16-18(13-19-3-1-2-8-22-19)15-21-14-17-4-6-20(7-5-17)23-9-11-25-12-10-23/h1-8,18,21,24H,9-16H2. The van der Waals surface area contributed by atoms with E-state index < -0.39 is 0 Å². The molecule has 0 aliphatic carbocycles. The Kier molecular flexibility index (Phi) is 6.79. The summed E-state index contributed by atoms with van der Waals surface area (Å²) in [5.74, 6) is 0.183. The van der Waals surface area contributed by atoms with Crippen LogP contribution in [0.1, 0.15) is 11.3 Å². The van der Waals surface area contributed by atoms with Crippen LogP contribution in [-0.4, -0.2) is 49.5 Å². The van der Waals surface area contributed by atoms with E-state index in [1.165, 1.54) is 11.3 Å². The molecule has 1 aromatic heterocycles. The maximum Gasteiger partial charge on any atom is 0.0642 e. The summed E-state index contributed by atoms with van der Waals surface area (Å²) in [6.07, 6.45) is 2.59. The van der Waals surface area contributed by atoms with E-state index in [0.717, 1.165) is 51.5 Å². The second kappa shape index (κ2) is 9.51. The summed E-state index contributed by atoms with van der Waals surface area (Å²) >= 11 is 0. The minimum atomic E-state index is 0.166. The Morgan fingerprint density at radius 2 is 1.92 bits per heavy atom. The predicted octanol–water partition coefficient (Wildman–Crippen LogP) is 1.86. The van der Waals surface area contributed by atoms with Crippen LogP contribution in [0, 0.1) is 5.92 Å². The maximum absolute atomic E-state index is 9.58. The van der Waals surface area contributed by atoms with Gasteiger partial charge in [-0.1, -0.05) is 18.2 Å². The molecule has 3 rings (SSSR count). The lowest BCUT2D eigenvalue weighted by atomic mass is 10.0. The molecule has 0 bridgehead atoms. The number of anilines is 1. The van der Waals surface area contributed by atoms with Crippen LogP contribution in [0.3, 0.4) is 0 Å². The van der Waals surface area contributed by atoms with E-state index in [-0.39, 0.29) is 12.5 Å². The van der Waals surface area contributed by atoms with Gasteiger partial charge in [0.1, 0.15) is 0 Å². The van der Waals surface area contributed by atoms with Crippen molar-refractivity contribution in [1.29, 1.82) is 0 Å². The molecule has 25 heavy (non-hydrogen) atoms. The highest BCUT2D eigenvalue weighted by molar-refractivity contribution is 5.47. The quantitative estimate of drug-likeness (QED) is 0.768. The highest BCUT2D eigenvalue weighted by Gasteiger charge is 2.11. The lowest BCUT2D eigenvalue weighted by Crippen LogP contribution is -2.36. The number of hydrogen-bond donors (Lipinski definition) is 2. The number of rotatable bonds is 8. The molecule has 134 valence electrons. The summed E-state index contributed by atoms with van der Waals surface area (Å²) in [5, 5.41) is 13.0. The normalized spacial score (nSPS) is 16.0. The molecule has 5 nitrogen and oxygen atoms in total. The van der Waals surface area contributed by atoms with Crippen LogP contribution < -0.4 is 10.2 Å². The van der Waals surface area contributed by atoms with E-state index in [1.807, 2.05) is 18.2 Å². The van der Waals surface area contributed by atoms with E-state index in [0.29, 0.717) is 0 Å². The SMILES string of the molecule is OCC(CNCc1ccc(N2CCOCC2)cc1)Cc1ccccn1. The minimum absolute atomic E-state index is 0.166. The number of nitrogens with zero attached hydrogens (tertiary/aromatic N) is 2. The fourth-order valence-electron chi connectivity index (χ4n) is 3.08. The van der Waals surface area contributed by atoms with Crippen LogP contribution in [0.15, 0.2) is 48.7 Å². The second-order valence-corrected chi connectivity index (χ2v) is 6.47. The molecule has 1 saturated heterocycles. The van der Waals surface area contributed by atoms with Crippen molar-refractivity contribution in [1.82, 2.24) is 10.3 Å². The summed E-state index contributed by atoms with van der Waals surface area (Å²) in [5.41, 5.74) is 3.54. The minimum Gasteiger partial charge on any atom is -0.396 e. The third kappa shape index (κ3) is 5.53. The molecule has 0 saturated carbocycles. The number of nitrogens with one attached hydrogen (secondary N) is 1. The van der Waals surface area contributed by atoms with Gasteiger partial charge in [0.05, 0.1) is 13.2 Å². The Labute approximate surface area is 149 Å². The lowest BCUT2D eigenvalue weighted by Gasteiger charge is -2.29. The first kappa shape index (κ1) is 17.9. The van der Waals surface area contributed by atoms with Crippen LogP contribution in [0.2, 0.25) is 0 Å². The van der Waals surface area contributed by atoms with E-state index >= 15 is 0 Å². The number of aliphatic hydroxyl groups is 1. The van der Waals surface area contributed by atoms with Gasteiger partial charge < -0.3 is 20.1 Å². The Hall–Kier alpha value is -1.95. The van der Waals surface area contributed by atoms with Gasteiger partial charge in [-0.25, -0.2) is 0 Å². The molecule has 0 amide bonds. The molecule has 1 atom stereocenters. The Bertz CT molecular complexity index is 613. The number of hydrogen-bond acceptors (Lipinski definition) is 5. The number of morpholine rings is 1. The van der Waals surface area contributed by atoms with E-state index in [4.69, 9.17) is 4.74 Å². The molecular formula is C20H27N3O2. The average molecular weight is 341 g/mol. The smallest absolute Gasteiger partial charge is 0.0642 e. The molecule has 0 spiro atoms. The Balaban J connectivity index is 1.44. The van der Waals surface area contributed by atoms with Crippen LogP contribution in [0.5, 0.6) is 0 Å². The van der Waals surface area contributed by atoms with Gasteiger partial charge in [-0.05, 0) is 42.2 Å². The van der Waals surface area contributed by atoms with Gasteiger partial charge in [-0.15, -0.1) is 0 Å². The van der Waals surface area contributed by atoms with Gasteiger partial charge >= 0.3 is 0 Å². The molecule has 1 unspecified atom stereocenters. The van der Waals surface area contributed by atoms with E-state index in [9.17, 15) is 5.11 Å². The topological polar surface area (TPSA) is 57.6 Å². The van der Waals surface area contributed by atoms with Crippen LogP contribution in [0.4, 0.5) is 5.69 Å². The first-order valence-electron chi connectivity index (χ1n) is 8.98. The molecule has 1 aliphatic heterocycles. The summed E-state index contributed by atoms with van der Waals surface area (Å²) < 4.78 is 5.40. The number of ether oxygens (including phenoxy) is 1. The second-order valence-electron chi connectivity index (χ2n) is 6.47. The molecule has 1 aliphatic rings. The highest BCUT2D eigenvalue weighted by atomic mass is 16.5. The van der Waals surface area contributed by atoms with Gasteiger partial charge in [-0.2, -0.15) is 0 Å². The number of benzene rings is 1. The third-order valence-electron chi connectivity index (χ3n) is 4.56. The molecule has 0 radical (unpaired) electrons. The predicted molar refractivity (Wildman–Crippen MR) is 99.7 cm³/mol. The average Bonchev–Trinajstić information content (AvgIpc) is 2.69. The zero-order valence-electron chi connectivity index (χ0n) is 14.6. The van der Waals surface area contributed by atoms with Gasteiger partial charge in [0.25, 0.3) is 0 Å². The van der Waals surface area contributed by atoms with Crippen molar-refractivity contribution < 1.29 is 9.84 Å². The van der Waals surface area contributed by atoms with Crippen LogP contribution in [-0.2, 0) is 17.7 Å². The van der Waals surface area contributed by atoms with Gasteiger partial charge in [0.2, 0.25) is 0 Å². The fraction of sp³-hybridized carbons (Fsp3) is 0.450. The van der Waals surface area contributed by atoms with Crippen molar-refractivity contribution >= 4 is 5.69 Å². The van der Waals surface area contributed by atoms with Crippen molar-refractivity contribution in [3.63, 3.8) is 0 Å². The molecule has 5 heteroatoms. The van der Waals surface area contributed by atoms with Gasteiger partial charge in [0.15, 0.2) is 0 Å². The third-order valence-corrected chi connectivity index (χ3v) is 4.56. The van der Waals surface area contributed by atoms with Crippen molar-refractivity contribution in [3.8, 4) is 0 Å². The summed E-state index contributed by atoms with van der Waals surface area (Å²) in [7, 11) is 0. The monoisotopic (exact) mass is 341 g/mol. The molecule has 1 fully saturated rings. The number of aliphatic hydroxyl groups excluding tert-OH is 1. The van der Waals surface area contributed by atoms with Crippen molar-refractivity contribution in [2.45, 2.75) is 13.0 Å². The first-order valence-corrected chi connectivity index (χ1v) is 8.98. The first-order chi connectivity index (χ1) is 12.3. The molecular weight excluding hydrogens is 314 g/mol. The molecule has 2 N–H and O–H groups in total. The van der Waals surface area contributed by atoms with Crippen molar-refractivity contribution in [3.05, 3.63) is 59.9 Å².